The number of nitrogens with two attached hydrogens (primary N) is 1. The Labute approximate surface area is 111 Å². The van der Waals surface area contributed by atoms with Crippen LogP contribution in [0.5, 0.6) is 5.75 Å². The Kier molecular flexibility index (Phi) is 4.23. The van der Waals surface area contributed by atoms with Crippen molar-refractivity contribution in [3.05, 3.63) is 27.2 Å². The second-order valence-electron chi connectivity index (χ2n) is 5.19. The Bertz CT molecular complexity index is 430. The molecule has 0 radical (unpaired) electrons. The van der Waals surface area contributed by atoms with Gasteiger partial charge in [-0.25, -0.2) is 0 Å². The highest BCUT2D eigenvalue weighted by molar-refractivity contribution is 9.10. The van der Waals surface area contributed by atoms with Gasteiger partial charge in [0.2, 0.25) is 0 Å². The van der Waals surface area contributed by atoms with E-state index in [2.05, 4.69) is 15.9 Å². The second kappa shape index (κ2) is 4.96. The molecule has 96 valence electrons. The number of rotatable bonds is 3. The fraction of sp³-hybridized carbons (Fsp3) is 0.538. The predicted molar refractivity (Wildman–Crippen MR) is 73.1 cm³/mol. The standard InChI is InChI=1S/C13H20BrNO2/c1-7-5-9(17)10(8(2)11(7)14)12(15)13(3,4)6-16/h5,12,16-17H,6,15H2,1-4H3/t12-/m1/s1. The van der Waals surface area contributed by atoms with Crippen LogP contribution in [0, 0.1) is 19.3 Å². The molecule has 4 heteroatoms. The van der Waals surface area contributed by atoms with Gasteiger partial charge in [0.05, 0.1) is 0 Å². The van der Waals surface area contributed by atoms with Gasteiger partial charge in [-0.15, -0.1) is 0 Å². The Balaban J connectivity index is 3.37. The van der Waals surface area contributed by atoms with Crippen LogP contribution >= 0.6 is 15.9 Å². The average molecular weight is 302 g/mol. The summed E-state index contributed by atoms with van der Waals surface area (Å²) in [4.78, 5) is 0. The summed E-state index contributed by atoms with van der Waals surface area (Å²) >= 11 is 3.49. The van der Waals surface area contributed by atoms with Gasteiger partial charge in [0, 0.05) is 28.1 Å². The third-order valence-electron chi connectivity index (χ3n) is 3.27. The molecule has 1 aromatic carbocycles. The van der Waals surface area contributed by atoms with E-state index in [1.165, 1.54) is 0 Å². The van der Waals surface area contributed by atoms with Crippen LogP contribution in [0.1, 0.15) is 36.6 Å². The molecule has 0 aliphatic rings. The van der Waals surface area contributed by atoms with Crippen LogP contribution in [-0.4, -0.2) is 16.8 Å². The maximum atomic E-state index is 10.0. The molecule has 0 aromatic heterocycles. The van der Waals surface area contributed by atoms with E-state index >= 15 is 0 Å². The first-order valence-corrected chi connectivity index (χ1v) is 6.36. The molecule has 4 N–H and O–H groups in total. The number of phenolic OH excluding ortho intramolecular Hbond substituents is 1. The molecular formula is C13H20BrNO2. The first-order chi connectivity index (χ1) is 7.72. The van der Waals surface area contributed by atoms with Gasteiger partial charge in [0.25, 0.3) is 0 Å². The molecule has 0 spiro atoms. The SMILES string of the molecule is Cc1cc(O)c([C@@H](N)C(C)(C)CO)c(C)c1Br. The normalized spacial score (nSPS) is 13.8. The van der Waals surface area contributed by atoms with E-state index in [0.717, 1.165) is 15.6 Å². The van der Waals surface area contributed by atoms with Gasteiger partial charge in [-0.05, 0) is 31.0 Å². The van der Waals surface area contributed by atoms with E-state index in [4.69, 9.17) is 5.73 Å². The predicted octanol–water partition coefficient (Wildman–Crippen LogP) is 2.79. The molecule has 1 atom stereocenters. The molecule has 0 aliphatic carbocycles. The van der Waals surface area contributed by atoms with Crippen molar-refractivity contribution in [3.8, 4) is 5.75 Å². The number of aliphatic hydroxyl groups excluding tert-OH is 1. The number of benzene rings is 1. The van der Waals surface area contributed by atoms with Crippen LogP contribution in [0.25, 0.3) is 0 Å². The van der Waals surface area contributed by atoms with Gasteiger partial charge >= 0.3 is 0 Å². The van der Waals surface area contributed by atoms with Crippen molar-refractivity contribution in [3.63, 3.8) is 0 Å². The maximum absolute atomic E-state index is 10.0. The number of aryl methyl sites for hydroxylation is 1. The van der Waals surface area contributed by atoms with Crippen LogP contribution in [0.4, 0.5) is 0 Å². The zero-order valence-electron chi connectivity index (χ0n) is 10.7. The molecule has 0 saturated carbocycles. The molecule has 0 saturated heterocycles. The number of phenols is 1. The van der Waals surface area contributed by atoms with Crippen molar-refractivity contribution in [2.24, 2.45) is 11.1 Å². The third-order valence-corrected chi connectivity index (χ3v) is 4.49. The number of halogens is 1. The second-order valence-corrected chi connectivity index (χ2v) is 5.98. The minimum atomic E-state index is -0.475. The van der Waals surface area contributed by atoms with Crippen molar-refractivity contribution in [1.29, 1.82) is 0 Å². The summed E-state index contributed by atoms with van der Waals surface area (Å²) in [6.45, 7) is 7.57. The molecule has 0 bridgehead atoms. The van der Waals surface area contributed by atoms with E-state index in [-0.39, 0.29) is 12.4 Å². The maximum Gasteiger partial charge on any atom is 0.120 e. The molecule has 3 nitrogen and oxygen atoms in total. The zero-order chi connectivity index (χ0) is 13.4. The van der Waals surface area contributed by atoms with Crippen molar-refractivity contribution >= 4 is 15.9 Å². The number of aromatic hydroxyl groups is 1. The van der Waals surface area contributed by atoms with Crippen LogP contribution in [0.2, 0.25) is 0 Å². The summed E-state index contributed by atoms with van der Waals surface area (Å²) in [7, 11) is 0. The van der Waals surface area contributed by atoms with E-state index < -0.39 is 11.5 Å². The summed E-state index contributed by atoms with van der Waals surface area (Å²) < 4.78 is 0.953. The minimum absolute atomic E-state index is 0.0292. The summed E-state index contributed by atoms with van der Waals surface area (Å²) in [6, 6.07) is 1.28. The first kappa shape index (κ1) is 14.5. The smallest absolute Gasteiger partial charge is 0.120 e. The highest BCUT2D eigenvalue weighted by atomic mass is 79.9. The zero-order valence-corrected chi connectivity index (χ0v) is 12.3. The van der Waals surface area contributed by atoms with Crippen LogP contribution in [0.3, 0.4) is 0 Å². The van der Waals surface area contributed by atoms with Crippen LogP contribution in [-0.2, 0) is 0 Å². The summed E-state index contributed by atoms with van der Waals surface area (Å²) in [6.07, 6.45) is 0. The van der Waals surface area contributed by atoms with Crippen molar-refractivity contribution < 1.29 is 10.2 Å². The highest BCUT2D eigenvalue weighted by Crippen LogP contribution is 2.40. The molecule has 1 aromatic rings. The van der Waals surface area contributed by atoms with Gasteiger partial charge in [-0.2, -0.15) is 0 Å². The van der Waals surface area contributed by atoms with Crippen molar-refractivity contribution in [2.75, 3.05) is 6.61 Å². The molecule has 0 unspecified atom stereocenters. The Morgan fingerprint density at radius 2 is 1.94 bits per heavy atom. The Hall–Kier alpha value is -0.580. The lowest BCUT2D eigenvalue weighted by Gasteiger charge is -2.31. The molecule has 0 amide bonds. The van der Waals surface area contributed by atoms with E-state index in [1.54, 1.807) is 6.07 Å². The number of hydrogen-bond donors (Lipinski definition) is 3. The fourth-order valence-corrected chi connectivity index (χ4v) is 2.16. The molecular weight excluding hydrogens is 282 g/mol. The Morgan fingerprint density at radius 3 is 2.41 bits per heavy atom. The summed E-state index contributed by atoms with van der Waals surface area (Å²) in [5.74, 6) is 0.192. The summed E-state index contributed by atoms with van der Waals surface area (Å²) in [5, 5.41) is 19.4. The van der Waals surface area contributed by atoms with Gasteiger partial charge < -0.3 is 15.9 Å². The van der Waals surface area contributed by atoms with Crippen LogP contribution in [0.15, 0.2) is 10.5 Å². The van der Waals surface area contributed by atoms with Crippen LogP contribution < -0.4 is 5.73 Å². The van der Waals surface area contributed by atoms with E-state index in [9.17, 15) is 10.2 Å². The molecule has 1 rings (SSSR count). The lowest BCUT2D eigenvalue weighted by Crippen LogP contribution is -2.33. The lowest BCUT2D eigenvalue weighted by molar-refractivity contribution is 0.131. The fourth-order valence-electron chi connectivity index (χ4n) is 1.83. The number of hydrogen-bond acceptors (Lipinski definition) is 3. The van der Waals surface area contributed by atoms with E-state index in [0.29, 0.717) is 5.56 Å². The third kappa shape index (κ3) is 2.64. The van der Waals surface area contributed by atoms with Gasteiger partial charge in [-0.1, -0.05) is 29.8 Å². The summed E-state index contributed by atoms with van der Waals surface area (Å²) in [5.41, 5.74) is 8.28. The van der Waals surface area contributed by atoms with Gasteiger partial charge in [-0.3, -0.25) is 0 Å². The quantitative estimate of drug-likeness (QED) is 0.804. The van der Waals surface area contributed by atoms with Crippen molar-refractivity contribution in [1.82, 2.24) is 0 Å². The van der Waals surface area contributed by atoms with Gasteiger partial charge in [0.1, 0.15) is 5.75 Å². The largest absolute Gasteiger partial charge is 0.508 e. The molecule has 0 aliphatic heterocycles. The average Bonchev–Trinajstić information content (AvgIpc) is 2.26. The molecule has 17 heavy (non-hydrogen) atoms. The Morgan fingerprint density at radius 1 is 1.41 bits per heavy atom. The minimum Gasteiger partial charge on any atom is -0.508 e. The monoisotopic (exact) mass is 301 g/mol. The van der Waals surface area contributed by atoms with E-state index in [1.807, 2.05) is 27.7 Å². The molecule has 0 heterocycles. The lowest BCUT2D eigenvalue weighted by atomic mass is 9.79. The van der Waals surface area contributed by atoms with Crippen molar-refractivity contribution in [2.45, 2.75) is 33.7 Å². The number of aliphatic hydroxyl groups is 1. The molecule has 0 fully saturated rings. The topological polar surface area (TPSA) is 66.5 Å². The first-order valence-electron chi connectivity index (χ1n) is 5.57. The highest BCUT2D eigenvalue weighted by Gasteiger charge is 2.30. The van der Waals surface area contributed by atoms with Gasteiger partial charge in [0.15, 0.2) is 0 Å².